The van der Waals surface area contributed by atoms with Gasteiger partial charge in [0.2, 0.25) is 0 Å². The van der Waals surface area contributed by atoms with Crippen molar-refractivity contribution in [3.05, 3.63) is 0 Å². The van der Waals surface area contributed by atoms with Gasteiger partial charge in [0, 0.05) is 18.3 Å². The molecule has 0 saturated heterocycles. The summed E-state index contributed by atoms with van der Waals surface area (Å²) in [6.45, 7) is 0. The summed E-state index contributed by atoms with van der Waals surface area (Å²) in [4.78, 5) is 0. The lowest BCUT2D eigenvalue weighted by molar-refractivity contribution is 0.733. The van der Waals surface area contributed by atoms with Crippen LogP contribution in [0.15, 0.2) is 0 Å². The van der Waals surface area contributed by atoms with E-state index in [1.54, 1.807) is 6.26 Å². The van der Waals surface area contributed by atoms with E-state index in [4.69, 9.17) is 0 Å². The van der Waals surface area contributed by atoms with Crippen molar-refractivity contribution in [2.24, 2.45) is 0 Å². The third-order valence-electron chi connectivity index (χ3n) is 0.0630. The van der Waals surface area contributed by atoms with Crippen molar-refractivity contribution in [2.75, 3.05) is 6.26 Å². The Morgan fingerprint density at radius 1 is 2.00 bits per heavy atom. The van der Waals surface area contributed by atoms with Crippen LogP contribution in [0, 0.1) is 0 Å². The monoisotopic (exact) mass is 98.0 g/mol. The number of rotatable bonds is 1. The van der Waals surface area contributed by atoms with Gasteiger partial charge < -0.3 is 0 Å². The molecule has 0 aliphatic carbocycles. The van der Waals surface area contributed by atoms with E-state index in [2.05, 4.69) is 15.6 Å². The molecule has 4 heavy (non-hydrogen) atoms. The van der Waals surface area contributed by atoms with E-state index in [9.17, 15) is 0 Å². The van der Waals surface area contributed by atoms with Gasteiger partial charge >= 0.3 is 0 Å². The van der Waals surface area contributed by atoms with Crippen molar-refractivity contribution in [3.63, 3.8) is 0 Å². The molecule has 0 aromatic rings. The van der Waals surface area contributed by atoms with Gasteiger partial charge in [0.15, 0.2) is 0 Å². The van der Waals surface area contributed by atoms with E-state index in [0.717, 1.165) is 12.0 Å². The Kier molecular flexibility index (Phi) is 4.14. The first-order valence-corrected chi connectivity index (χ1v) is 2.19. The lowest BCUT2D eigenvalue weighted by Gasteiger charge is -1.68. The molecular weight excluding hydrogens is 95.5 g/mol. The second-order valence-corrected chi connectivity index (χ2v) is 1.07. The van der Waals surface area contributed by atoms with Gasteiger partial charge in [-0.25, -0.2) is 3.74 Å². The van der Waals surface area contributed by atoms with Gasteiger partial charge in [0.1, 0.15) is 0 Å². The molecule has 0 heterocycles. The topological polar surface area (TPSA) is 9.23 Å². The minimum absolute atomic E-state index is 1.12. The highest BCUT2D eigenvalue weighted by molar-refractivity contribution is 7.94. The van der Waals surface area contributed by atoms with Gasteiger partial charge in [-0.15, -0.1) is 0 Å². The van der Waals surface area contributed by atoms with E-state index < -0.39 is 0 Å². The zero-order valence-corrected chi connectivity index (χ0v) is 3.77. The van der Waals surface area contributed by atoms with Crippen molar-refractivity contribution < 1.29 is 3.74 Å². The first kappa shape index (κ1) is 4.60. The fourth-order valence-electron chi connectivity index (χ4n) is 0. The minimum atomic E-state index is 1.12. The molecule has 0 bridgehead atoms. The summed E-state index contributed by atoms with van der Waals surface area (Å²) < 4.78 is 3.93. The summed E-state index contributed by atoms with van der Waals surface area (Å²) in [5.74, 6) is 0. The largest absolute Gasteiger partial charge is 0.208 e. The zero-order valence-electron chi connectivity index (χ0n) is 2.19. The van der Waals surface area contributed by atoms with Gasteiger partial charge in [-0.2, -0.15) is 0 Å². The van der Waals surface area contributed by atoms with Gasteiger partial charge in [0.05, 0.1) is 11.9 Å². The molecule has 0 fully saturated rings. The third kappa shape index (κ3) is 2.60. The highest BCUT2D eigenvalue weighted by atomic mass is 35.5. The van der Waals surface area contributed by atoms with Crippen LogP contribution in [0.25, 0.3) is 0 Å². The molecule has 0 saturated carbocycles. The maximum atomic E-state index is 4.65. The molecule has 0 unspecified atom stereocenters. The standard InChI is InChI=1S/CH3ClOS/c1-4-3-2/h1H3. The molecule has 0 aliphatic heterocycles. The third-order valence-corrected chi connectivity index (χ3v) is 0.567. The molecule has 26 valence electrons. The van der Waals surface area contributed by atoms with Crippen LogP contribution in [0.1, 0.15) is 0 Å². The fourth-order valence-corrected chi connectivity index (χ4v) is 0. The van der Waals surface area contributed by atoms with Gasteiger partial charge in [0.25, 0.3) is 0 Å². The Morgan fingerprint density at radius 3 is 2.25 bits per heavy atom. The lowest BCUT2D eigenvalue weighted by atomic mass is 12.0. The number of halogens is 1. The van der Waals surface area contributed by atoms with E-state index in [-0.39, 0.29) is 0 Å². The smallest absolute Gasteiger partial charge is 0.0753 e. The van der Waals surface area contributed by atoms with Gasteiger partial charge in [-0.05, 0) is 0 Å². The van der Waals surface area contributed by atoms with Crippen molar-refractivity contribution in [2.45, 2.75) is 0 Å². The van der Waals surface area contributed by atoms with Crippen LogP contribution in [-0.4, -0.2) is 6.26 Å². The summed E-state index contributed by atoms with van der Waals surface area (Å²) in [7, 11) is 0. The Balaban J connectivity index is 1.97. The molecule has 0 aliphatic rings. The highest BCUT2D eigenvalue weighted by Gasteiger charge is 1.57. The van der Waals surface area contributed by atoms with Crippen molar-refractivity contribution in [1.29, 1.82) is 0 Å². The second-order valence-electron chi connectivity index (χ2n) is 0.230. The maximum absolute atomic E-state index is 4.65. The molecule has 0 atom stereocenters. The van der Waals surface area contributed by atoms with Gasteiger partial charge in [-0.1, -0.05) is 0 Å². The average Bonchev–Trinajstić information content (AvgIpc) is 1.37. The van der Waals surface area contributed by atoms with Crippen molar-refractivity contribution >= 4 is 23.9 Å². The van der Waals surface area contributed by atoms with Crippen LogP contribution in [0.3, 0.4) is 0 Å². The Labute approximate surface area is 34.7 Å². The van der Waals surface area contributed by atoms with Crippen molar-refractivity contribution in [3.8, 4) is 0 Å². The van der Waals surface area contributed by atoms with Crippen LogP contribution in [0.4, 0.5) is 0 Å². The molecule has 1 nitrogen and oxygen atoms in total. The van der Waals surface area contributed by atoms with Gasteiger partial charge in [-0.3, -0.25) is 0 Å². The van der Waals surface area contributed by atoms with E-state index in [1.807, 2.05) is 0 Å². The van der Waals surface area contributed by atoms with E-state index in [0.29, 0.717) is 0 Å². The first-order chi connectivity index (χ1) is 1.91. The maximum Gasteiger partial charge on any atom is 0.0753 e. The molecule has 0 N–H and O–H groups in total. The molecule has 0 rings (SSSR count). The number of hydrogen-bond donors (Lipinski definition) is 0. The SMILES string of the molecule is CSOCl. The van der Waals surface area contributed by atoms with Crippen LogP contribution >= 0.6 is 23.9 Å². The molecule has 0 aromatic heterocycles. The minimum Gasteiger partial charge on any atom is -0.208 e. The molecule has 0 aromatic carbocycles. The molecular formula is CH3ClOS. The van der Waals surface area contributed by atoms with E-state index in [1.165, 1.54) is 0 Å². The predicted octanol–water partition coefficient (Wildman–Crippen LogP) is 1.43. The van der Waals surface area contributed by atoms with Crippen LogP contribution in [0.2, 0.25) is 0 Å². The molecule has 0 amide bonds. The normalized spacial score (nSPS) is 7.50. The molecule has 3 heteroatoms. The number of hydrogen-bond acceptors (Lipinski definition) is 2. The summed E-state index contributed by atoms with van der Waals surface area (Å²) in [6.07, 6.45) is 1.74. The second kappa shape index (κ2) is 3.60. The van der Waals surface area contributed by atoms with Crippen LogP contribution < -0.4 is 0 Å². The molecule has 0 radical (unpaired) electrons. The Morgan fingerprint density at radius 2 is 2.25 bits per heavy atom. The van der Waals surface area contributed by atoms with Crippen molar-refractivity contribution in [1.82, 2.24) is 0 Å². The molecule has 0 spiro atoms. The van der Waals surface area contributed by atoms with Crippen LogP contribution in [0.5, 0.6) is 0 Å². The summed E-state index contributed by atoms with van der Waals surface area (Å²) in [6, 6.07) is 0. The Bertz CT molecular complexity index is 10.0. The zero-order chi connectivity index (χ0) is 3.41. The van der Waals surface area contributed by atoms with Crippen LogP contribution in [-0.2, 0) is 3.74 Å². The summed E-state index contributed by atoms with van der Waals surface area (Å²) in [5, 5.41) is 0. The first-order valence-electron chi connectivity index (χ1n) is 0.729. The highest BCUT2D eigenvalue weighted by Crippen LogP contribution is 1.94. The average molecular weight is 98.6 g/mol. The fraction of sp³-hybridized carbons (Fsp3) is 1.00. The van der Waals surface area contributed by atoms with E-state index >= 15 is 0 Å². The predicted molar refractivity (Wildman–Crippen MR) is 20.5 cm³/mol. The Hall–Kier alpha value is 0.600. The summed E-state index contributed by atoms with van der Waals surface area (Å²) >= 11 is 5.77. The lowest BCUT2D eigenvalue weighted by Crippen LogP contribution is -1.39. The summed E-state index contributed by atoms with van der Waals surface area (Å²) in [5.41, 5.74) is 0. The quantitative estimate of drug-likeness (QED) is 0.459.